The Balaban J connectivity index is 2.90. The lowest BCUT2D eigenvalue weighted by Gasteiger charge is -2.11. The van der Waals surface area contributed by atoms with Crippen LogP contribution in [0.3, 0.4) is 0 Å². The number of nitrogens with one attached hydrogen (secondary N) is 2. The number of pyridine rings is 1. The van der Waals surface area contributed by atoms with E-state index in [9.17, 15) is 14.4 Å². The average molecular weight is 372 g/mol. The zero-order chi connectivity index (χ0) is 17.0. The number of halogens is 3. The summed E-state index contributed by atoms with van der Waals surface area (Å²) in [4.78, 5) is 36.8. The second-order valence-electron chi connectivity index (χ2n) is 3.88. The van der Waals surface area contributed by atoms with E-state index in [1.54, 1.807) is 0 Å². The molecule has 0 radical (unpaired) electrons. The van der Waals surface area contributed by atoms with Gasteiger partial charge in [0.25, 0.3) is 11.1 Å². The molecule has 0 aliphatic heterocycles. The molecule has 1 aromatic heterocycles. The molecule has 0 spiro atoms. The number of ether oxygens (including phenoxy) is 2. The Morgan fingerprint density at radius 2 is 1.82 bits per heavy atom. The number of rotatable bonds is 3. The molecule has 1 rings (SSSR count). The number of amides is 2. The summed E-state index contributed by atoms with van der Waals surface area (Å²) in [5.41, 5.74) is 5.17. The molecule has 0 aliphatic rings. The molecule has 1 aromatic rings. The molecule has 1 atom stereocenters. The molecule has 11 heteroatoms. The van der Waals surface area contributed by atoms with E-state index in [-0.39, 0.29) is 26.6 Å². The summed E-state index contributed by atoms with van der Waals surface area (Å²) in [5, 5.41) is 1.45. The van der Waals surface area contributed by atoms with Crippen LogP contribution in [0.4, 0.5) is 10.5 Å². The fraction of sp³-hybridized carbons (Fsp3) is 0.273. The second-order valence-corrected chi connectivity index (χ2v) is 5.02. The predicted molar refractivity (Wildman–Crippen MR) is 77.9 cm³/mol. The van der Waals surface area contributed by atoms with Crippen molar-refractivity contribution < 1.29 is 28.8 Å². The van der Waals surface area contributed by atoms with E-state index in [0.717, 1.165) is 7.11 Å². The maximum atomic E-state index is 12.0. The van der Waals surface area contributed by atoms with Gasteiger partial charge in [0, 0.05) is 0 Å². The number of methoxy groups -OCH3 is 1. The van der Waals surface area contributed by atoms with E-state index in [0.29, 0.717) is 0 Å². The molecule has 0 fully saturated rings. The standard InChI is InChI=1S/C11H10Cl3N3O5/c1-3(9(18)17-11(20)21-2)22-10(19)7-4(12)6(15)5(13)8(14)16-7/h3H,1-2H3,(H2,15,16)(H,17,18,20)/p+1/t3-/m0/s1. The van der Waals surface area contributed by atoms with Crippen molar-refractivity contribution in [1.82, 2.24) is 5.32 Å². The number of hydrogen-bond acceptors (Lipinski definition) is 6. The minimum atomic E-state index is -1.30. The number of carbonyl (C=O) groups excluding carboxylic acids is 3. The largest absolute Gasteiger partial charge is 0.453 e. The van der Waals surface area contributed by atoms with E-state index >= 15 is 0 Å². The highest BCUT2D eigenvalue weighted by Crippen LogP contribution is 2.32. The predicted octanol–water partition coefficient (Wildman–Crippen LogP) is 1.47. The molecule has 4 N–H and O–H groups in total. The van der Waals surface area contributed by atoms with Gasteiger partial charge >= 0.3 is 17.8 Å². The quantitative estimate of drug-likeness (QED) is 0.613. The molecule has 1 heterocycles. The molecule has 8 nitrogen and oxygen atoms in total. The van der Waals surface area contributed by atoms with Crippen molar-refractivity contribution >= 4 is 58.5 Å². The van der Waals surface area contributed by atoms with Crippen molar-refractivity contribution in [2.75, 3.05) is 12.8 Å². The highest BCUT2D eigenvalue weighted by atomic mass is 35.5. The fourth-order valence-corrected chi connectivity index (χ4v) is 1.84. The number of esters is 1. The molecule has 0 aromatic carbocycles. The number of hydrogen-bond donors (Lipinski definition) is 2. The molecular weight excluding hydrogens is 360 g/mol. The van der Waals surface area contributed by atoms with Crippen LogP contribution in [0.25, 0.3) is 0 Å². The Morgan fingerprint density at radius 1 is 1.23 bits per heavy atom. The van der Waals surface area contributed by atoms with Gasteiger partial charge in [-0.3, -0.25) is 10.1 Å². The van der Waals surface area contributed by atoms with Crippen LogP contribution >= 0.6 is 34.8 Å². The summed E-state index contributed by atoms with van der Waals surface area (Å²) in [6.45, 7) is 1.24. The molecule has 0 saturated heterocycles. The van der Waals surface area contributed by atoms with Crippen molar-refractivity contribution in [1.29, 1.82) is 0 Å². The van der Waals surface area contributed by atoms with Gasteiger partial charge in [0.1, 0.15) is 10.0 Å². The van der Waals surface area contributed by atoms with Crippen molar-refractivity contribution in [3.05, 3.63) is 20.9 Å². The lowest BCUT2D eigenvalue weighted by Crippen LogP contribution is -2.40. The number of anilines is 1. The smallest absolute Gasteiger partial charge is 0.413 e. The van der Waals surface area contributed by atoms with Crippen LogP contribution in [-0.4, -0.2) is 31.2 Å². The summed E-state index contributed by atoms with van der Waals surface area (Å²) in [6.07, 6.45) is -2.29. The number of nitrogens with two attached hydrogens (primary N) is 1. The van der Waals surface area contributed by atoms with E-state index in [4.69, 9.17) is 45.3 Å². The average Bonchev–Trinajstić information content (AvgIpc) is 2.48. The Bertz CT molecular complexity index is 638. The summed E-state index contributed by atoms with van der Waals surface area (Å²) >= 11 is 17.4. The molecule has 22 heavy (non-hydrogen) atoms. The van der Waals surface area contributed by atoms with Crippen LogP contribution in [0.2, 0.25) is 15.2 Å². The number of H-pyrrole nitrogens is 1. The summed E-state index contributed by atoms with van der Waals surface area (Å²) in [6, 6.07) is 0. The molecular formula is C11H11Cl3N3O5+. The third kappa shape index (κ3) is 4.12. The van der Waals surface area contributed by atoms with E-state index in [1.807, 2.05) is 5.32 Å². The lowest BCUT2D eigenvalue weighted by molar-refractivity contribution is -0.380. The molecule has 0 unspecified atom stereocenters. The van der Waals surface area contributed by atoms with Gasteiger partial charge in [0.2, 0.25) is 0 Å². The molecule has 120 valence electrons. The van der Waals surface area contributed by atoms with Gasteiger partial charge in [-0.05, 0) is 18.5 Å². The van der Waals surface area contributed by atoms with Crippen LogP contribution in [-0.2, 0) is 14.3 Å². The number of carbonyl (C=O) groups is 3. The summed E-state index contributed by atoms with van der Waals surface area (Å²) in [7, 11) is 1.08. The van der Waals surface area contributed by atoms with Gasteiger partial charge in [-0.25, -0.2) is 9.59 Å². The minimum absolute atomic E-state index is 0.0558. The van der Waals surface area contributed by atoms with Gasteiger partial charge in [-0.1, -0.05) is 23.2 Å². The number of alkyl carbamates (subject to hydrolysis) is 1. The van der Waals surface area contributed by atoms with Crippen LogP contribution in [0.1, 0.15) is 17.4 Å². The third-order valence-corrected chi connectivity index (χ3v) is 3.55. The molecule has 0 aliphatic carbocycles. The first-order valence-corrected chi connectivity index (χ1v) is 6.77. The van der Waals surface area contributed by atoms with Gasteiger partial charge in [-0.15, -0.1) is 0 Å². The Labute approximate surface area is 139 Å². The SMILES string of the molecule is COC(=O)NC(=O)[C@H](C)OC(=O)c1[nH+]c(Cl)c(Cl)c(N)c1Cl. The first kappa shape index (κ1) is 18.3. The second kappa shape index (κ2) is 7.48. The lowest BCUT2D eigenvalue weighted by atomic mass is 10.3. The topological polar surface area (TPSA) is 122 Å². The minimum Gasteiger partial charge on any atom is -0.453 e. The highest BCUT2D eigenvalue weighted by molar-refractivity contribution is 6.45. The third-order valence-electron chi connectivity index (χ3n) is 2.39. The van der Waals surface area contributed by atoms with E-state index in [2.05, 4.69) is 9.72 Å². The zero-order valence-corrected chi connectivity index (χ0v) is 13.6. The summed E-state index contributed by atoms with van der Waals surface area (Å²) in [5.74, 6) is -1.90. The van der Waals surface area contributed by atoms with Gasteiger partial charge in [-0.2, -0.15) is 4.98 Å². The molecule has 0 saturated carbocycles. The van der Waals surface area contributed by atoms with Crippen molar-refractivity contribution in [3.8, 4) is 0 Å². The number of imide groups is 1. The van der Waals surface area contributed by atoms with Crippen LogP contribution in [0.5, 0.6) is 0 Å². The number of aromatic amines is 1. The van der Waals surface area contributed by atoms with Crippen molar-refractivity contribution in [3.63, 3.8) is 0 Å². The van der Waals surface area contributed by atoms with Gasteiger partial charge < -0.3 is 15.2 Å². The van der Waals surface area contributed by atoms with Gasteiger partial charge in [0.05, 0.1) is 12.8 Å². The first-order chi connectivity index (χ1) is 10.2. The number of aromatic nitrogens is 1. The number of nitrogen functional groups attached to an aromatic ring is 1. The van der Waals surface area contributed by atoms with Crippen LogP contribution < -0.4 is 16.0 Å². The fourth-order valence-electron chi connectivity index (χ4n) is 1.24. The summed E-state index contributed by atoms with van der Waals surface area (Å²) < 4.78 is 9.08. The normalized spacial score (nSPS) is 11.5. The van der Waals surface area contributed by atoms with Crippen molar-refractivity contribution in [2.45, 2.75) is 13.0 Å². The van der Waals surface area contributed by atoms with Crippen LogP contribution in [0.15, 0.2) is 0 Å². The Kier molecular flexibility index (Phi) is 6.21. The highest BCUT2D eigenvalue weighted by Gasteiger charge is 2.30. The molecule has 2 amide bonds. The maximum absolute atomic E-state index is 12.0. The Morgan fingerprint density at radius 3 is 2.36 bits per heavy atom. The van der Waals surface area contributed by atoms with Gasteiger partial charge in [0.15, 0.2) is 6.10 Å². The zero-order valence-electron chi connectivity index (χ0n) is 11.3. The Hall–Kier alpha value is -1.77. The van der Waals surface area contributed by atoms with E-state index in [1.165, 1.54) is 6.92 Å². The maximum Gasteiger partial charge on any atom is 0.413 e. The van der Waals surface area contributed by atoms with Crippen molar-refractivity contribution in [2.24, 2.45) is 0 Å². The van der Waals surface area contributed by atoms with E-state index < -0.39 is 24.1 Å². The first-order valence-electron chi connectivity index (χ1n) is 5.64. The molecule has 0 bridgehead atoms. The monoisotopic (exact) mass is 370 g/mol. The van der Waals surface area contributed by atoms with Crippen LogP contribution in [0, 0.1) is 0 Å².